The van der Waals surface area contributed by atoms with E-state index < -0.39 is 0 Å². The van der Waals surface area contributed by atoms with Gasteiger partial charge in [-0.25, -0.2) is 0 Å². The van der Waals surface area contributed by atoms with Gasteiger partial charge in [0.15, 0.2) is 0 Å². The van der Waals surface area contributed by atoms with Crippen molar-refractivity contribution < 1.29 is 0 Å². The van der Waals surface area contributed by atoms with Gasteiger partial charge in [0.2, 0.25) is 0 Å². The first kappa shape index (κ1) is 13.4. The van der Waals surface area contributed by atoms with Crippen LogP contribution < -0.4 is 5.73 Å². The van der Waals surface area contributed by atoms with Crippen LogP contribution in [0.5, 0.6) is 0 Å². The number of rotatable bonds is 3. The van der Waals surface area contributed by atoms with Gasteiger partial charge in [-0.1, -0.05) is 48.5 Å². The van der Waals surface area contributed by atoms with Crippen LogP contribution in [0.2, 0.25) is 0 Å². The lowest BCUT2D eigenvalue weighted by Gasteiger charge is -2.30. The first-order valence-corrected chi connectivity index (χ1v) is 7.63. The zero-order valence-electron chi connectivity index (χ0n) is 12.2. The van der Waals surface area contributed by atoms with Gasteiger partial charge in [-0.15, -0.1) is 0 Å². The SMILES string of the molecule is Cc1ccccc1CC(N)C1CCCc2ccccc21. The van der Waals surface area contributed by atoms with Crippen LogP contribution >= 0.6 is 0 Å². The fraction of sp³-hybridized carbons (Fsp3) is 0.368. The third kappa shape index (κ3) is 2.64. The predicted octanol–water partition coefficient (Wildman–Crippen LogP) is 3.98. The van der Waals surface area contributed by atoms with Crippen molar-refractivity contribution in [1.82, 2.24) is 0 Å². The van der Waals surface area contributed by atoms with Crippen LogP contribution in [0.25, 0.3) is 0 Å². The van der Waals surface area contributed by atoms with Gasteiger partial charge in [0.1, 0.15) is 0 Å². The molecular formula is C19H23N. The third-order valence-electron chi connectivity index (χ3n) is 4.65. The molecule has 0 spiro atoms. The Bertz CT molecular complexity index is 588. The molecule has 2 N–H and O–H groups in total. The molecule has 0 fully saturated rings. The lowest BCUT2D eigenvalue weighted by atomic mass is 9.77. The van der Waals surface area contributed by atoms with Gasteiger partial charge in [0.05, 0.1) is 0 Å². The molecule has 0 radical (unpaired) electrons. The van der Waals surface area contributed by atoms with E-state index in [0.717, 1.165) is 6.42 Å². The van der Waals surface area contributed by atoms with Gasteiger partial charge in [-0.05, 0) is 60.8 Å². The van der Waals surface area contributed by atoms with Gasteiger partial charge in [0.25, 0.3) is 0 Å². The Balaban J connectivity index is 1.82. The zero-order chi connectivity index (χ0) is 13.9. The summed E-state index contributed by atoms with van der Waals surface area (Å²) in [6.07, 6.45) is 4.68. The highest BCUT2D eigenvalue weighted by Crippen LogP contribution is 2.34. The number of nitrogens with two attached hydrogens (primary N) is 1. The fourth-order valence-electron chi connectivity index (χ4n) is 3.47. The second-order valence-corrected chi connectivity index (χ2v) is 5.99. The molecule has 3 rings (SSSR count). The molecule has 1 aliphatic rings. The first-order chi connectivity index (χ1) is 9.75. The largest absolute Gasteiger partial charge is 0.327 e. The van der Waals surface area contributed by atoms with E-state index in [9.17, 15) is 0 Å². The summed E-state index contributed by atoms with van der Waals surface area (Å²) < 4.78 is 0. The van der Waals surface area contributed by atoms with Crippen molar-refractivity contribution in [1.29, 1.82) is 0 Å². The van der Waals surface area contributed by atoms with Crippen molar-refractivity contribution in [3.05, 3.63) is 70.8 Å². The van der Waals surface area contributed by atoms with Gasteiger partial charge in [-0.3, -0.25) is 0 Å². The van der Waals surface area contributed by atoms with Crippen LogP contribution in [-0.2, 0) is 12.8 Å². The molecule has 20 heavy (non-hydrogen) atoms. The molecule has 0 heterocycles. The molecule has 2 aromatic carbocycles. The highest BCUT2D eigenvalue weighted by atomic mass is 14.7. The Hall–Kier alpha value is -1.60. The molecule has 0 aliphatic heterocycles. The fourth-order valence-corrected chi connectivity index (χ4v) is 3.47. The highest BCUT2D eigenvalue weighted by molar-refractivity contribution is 5.35. The molecule has 1 nitrogen and oxygen atoms in total. The van der Waals surface area contributed by atoms with Crippen molar-refractivity contribution in [2.24, 2.45) is 5.73 Å². The molecule has 2 aromatic rings. The summed E-state index contributed by atoms with van der Waals surface area (Å²) in [4.78, 5) is 0. The molecule has 0 saturated carbocycles. The third-order valence-corrected chi connectivity index (χ3v) is 4.65. The normalized spacial score (nSPS) is 19.4. The number of benzene rings is 2. The summed E-state index contributed by atoms with van der Waals surface area (Å²) in [5.74, 6) is 0.513. The second-order valence-electron chi connectivity index (χ2n) is 5.99. The smallest absolute Gasteiger partial charge is 0.0149 e. The van der Waals surface area contributed by atoms with Crippen LogP contribution in [0.3, 0.4) is 0 Å². The van der Waals surface area contributed by atoms with Crippen molar-refractivity contribution >= 4 is 0 Å². The number of hydrogen-bond donors (Lipinski definition) is 1. The maximum absolute atomic E-state index is 6.56. The predicted molar refractivity (Wildman–Crippen MR) is 85.0 cm³/mol. The van der Waals surface area contributed by atoms with Crippen molar-refractivity contribution in [3.8, 4) is 0 Å². The van der Waals surface area contributed by atoms with Crippen LogP contribution in [-0.4, -0.2) is 6.04 Å². The minimum absolute atomic E-state index is 0.220. The molecule has 1 heteroatoms. The molecule has 0 amide bonds. The monoisotopic (exact) mass is 265 g/mol. The maximum atomic E-state index is 6.56. The Morgan fingerprint density at radius 3 is 2.70 bits per heavy atom. The maximum Gasteiger partial charge on any atom is 0.0149 e. The van der Waals surface area contributed by atoms with E-state index in [1.807, 2.05) is 0 Å². The second kappa shape index (κ2) is 5.80. The minimum atomic E-state index is 0.220. The molecule has 104 valence electrons. The van der Waals surface area contributed by atoms with Gasteiger partial charge < -0.3 is 5.73 Å². The van der Waals surface area contributed by atoms with Crippen LogP contribution in [0.4, 0.5) is 0 Å². The van der Waals surface area contributed by atoms with E-state index in [1.165, 1.54) is 41.5 Å². The average molecular weight is 265 g/mol. The summed E-state index contributed by atoms with van der Waals surface area (Å²) in [5, 5.41) is 0. The molecule has 2 atom stereocenters. The summed E-state index contributed by atoms with van der Waals surface area (Å²) in [7, 11) is 0. The molecular weight excluding hydrogens is 242 g/mol. The number of fused-ring (bicyclic) bond motifs is 1. The standard InChI is InChI=1S/C19H23N/c1-14-7-2-3-9-16(14)13-19(20)18-12-6-10-15-8-4-5-11-17(15)18/h2-5,7-9,11,18-19H,6,10,12-13,20H2,1H3. The first-order valence-electron chi connectivity index (χ1n) is 7.63. The number of hydrogen-bond acceptors (Lipinski definition) is 1. The van der Waals surface area contributed by atoms with E-state index in [-0.39, 0.29) is 6.04 Å². The average Bonchev–Trinajstić information content (AvgIpc) is 2.49. The minimum Gasteiger partial charge on any atom is -0.327 e. The lowest BCUT2D eigenvalue weighted by molar-refractivity contribution is 0.459. The van der Waals surface area contributed by atoms with Gasteiger partial charge in [-0.2, -0.15) is 0 Å². The molecule has 0 saturated heterocycles. The van der Waals surface area contributed by atoms with Crippen molar-refractivity contribution in [2.75, 3.05) is 0 Å². The zero-order valence-corrected chi connectivity index (χ0v) is 12.2. The van der Waals surface area contributed by atoms with E-state index in [4.69, 9.17) is 5.73 Å². The molecule has 2 unspecified atom stereocenters. The lowest BCUT2D eigenvalue weighted by Crippen LogP contribution is -2.33. The van der Waals surface area contributed by atoms with Crippen molar-refractivity contribution in [3.63, 3.8) is 0 Å². The Kier molecular flexibility index (Phi) is 3.88. The Labute approximate surface area is 121 Å². The Morgan fingerprint density at radius 2 is 1.85 bits per heavy atom. The number of aryl methyl sites for hydroxylation is 2. The molecule has 1 aliphatic carbocycles. The van der Waals surface area contributed by atoms with Gasteiger partial charge in [0, 0.05) is 6.04 Å². The molecule has 0 bridgehead atoms. The topological polar surface area (TPSA) is 26.0 Å². The quantitative estimate of drug-likeness (QED) is 0.892. The van der Waals surface area contributed by atoms with Crippen molar-refractivity contribution in [2.45, 2.75) is 44.6 Å². The summed E-state index contributed by atoms with van der Waals surface area (Å²) in [5.41, 5.74) is 12.3. The molecule has 0 aromatic heterocycles. The van der Waals surface area contributed by atoms with Gasteiger partial charge >= 0.3 is 0 Å². The van der Waals surface area contributed by atoms with Crippen LogP contribution in [0.15, 0.2) is 48.5 Å². The summed E-state index contributed by atoms with van der Waals surface area (Å²) in [6, 6.07) is 17.7. The summed E-state index contributed by atoms with van der Waals surface area (Å²) >= 11 is 0. The van der Waals surface area contributed by atoms with Crippen LogP contribution in [0.1, 0.15) is 41.0 Å². The van der Waals surface area contributed by atoms with E-state index in [1.54, 1.807) is 0 Å². The Morgan fingerprint density at radius 1 is 1.10 bits per heavy atom. The highest BCUT2D eigenvalue weighted by Gasteiger charge is 2.25. The van der Waals surface area contributed by atoms with E-state index in [2.05, 4.69) is 55.5 Å². The van der Waals surface area contributed by atoms with Crippen LogP contribution in [0, 0.1) is 6.92 Å². The van der Waals surface area contributed by atoms with E-state index in [0.29, 0.717) is 5.92 Å². The van der Waals surface area contributed by atoms with E-state index >= 15 is 0 Å². The summed E-state index contributed by atoms with van der Waals surface area (Å²) in [6.45, 7) is 2.18.